The van der Waals surface area contributed by atoms with Crippen LogP contribution in [0.4, 0.5) is 0 Å². The highest BCUT2D eigenvalue weighted by Crippen LogP contribution is 2.29. The summed E-state index contributed by atoms with van der Waals surface area (Å²) in [6, 6.07) is 20.9. The number of halogens is 1. The normalized spacial score (nSPS) is 16.0. The number of hydrogen-bond donors (Lipinski definition) is 0. The third kappa shape index (κ3) is 5.32. The first-order valence-electron chi connectivity index (χ1n) is 9.90. The molecule has 2 aromatic carbocycles. The van der Waals surface area contributed by atoms with Gasteiger partial charge in [0, 0.05) is 12.3 Å². The molecule has 1 saturated heterocycles. The van der Waals surface area contributed by atoms with Crippen molar-refractivity contribution in [2.45, 2.75) is 26.2 Å². The van der Waals surface area contributed by atoms with E-state index in [4.69, 9.17) is 0 Å². The molecule has 27 heavy (non-hydrogen) atoms. The third-order valence-electron chi connectivity index (χ3n) is 6.17. The van der Waals surface area contributed by atoms with Crippen LogP contribution >= 0.6 is 0 Å². The SMILES string of the molecule is CC[N+]1(CC)CCN(C(=O)CC(c2ccccc2)c2ccccc2)CC1.[I-]. The highest BCUT2D eigenvalue weighted by atomic mass is 127. The van der Waals surface area contributed by atoms with E-state index in [9.17, 15) is 4.79 Å². The maximum Gasteiger partial charge on any atom is 0.223 e. The Morgan fingerprint density at radius 1 is 0.889 bits per heavy atom. The molecule has 1 aliphatic heterocycles. The van der Waals surface area contributed by atoms with Crippen molar-refractivity contribution in [1.29, 1.82) is 0 Å². The Morgan fingerprint density at radius 3 is 1.74 bits per heavy atom. The Hall–Kier alpha value is -1.40. The van der Waals surface area contributed by atoms with Crippen LogP contribution in [-0.4, -0.2) is 54.6 Å². The standard InChI is InChI=1S/C23H31N2O.HI/c1-3-25(4-2)17-15-24(16-18-25)23(26)19-22(20-11-7-5-8-12-20)21-13-9-6-10-14-21;/h5-14,22H,3-4,15-19H2,1-2H3;1H/q+1;/p-1. The summed E-state index contributed by atoms with van der Waals surface area (Å²) in [6.45, 7) is 10.8. The molecular weight excluding hydrogens is 447 g/mol. The molecule has 146 valence electrons. The fourth-order valence-corrected chi connectivity index (χ4v) is 4.10. The van der Waals surface area contributed by atoms with Crippen LogP contribution in [0.3, 0.4) is 0 Å². The average molecular weight is 478 g/mol. The van der Waals surface area contributed by atoms with Gasteiger partial charge in [-0.05, 0) is 25.0 Å². The van der Waals surface area contributed by atoms with Gasteiger partial charge >= 0.3 is 0 Å². The average Bonchev–Trinajstić information content (AvgIpc) is 2.73. The molecule has 0 N–H and O–H groups in total. The summed E-state index contributed by atoms with van der Waals surface area (Å²) >= 11 is 0. The number of likely N-dealkylation sites (N-methyl/N-ethyl adjacent to an activating group) is 1. The van der Waals surface area contributed by atoms with Crippen molar-refractivity contribution in [2.75, 3.05) is 39.3 Å². The van der Waals surface area contributed by atoms with Gasteiger partial charge in [-0.2, -0.15) is 0 Å². The molecule has 0 atom stereocenters. The predicted molar refractivity (Wildman–Crippen MR) is 107 cm³/mol. The second kappa shape index (κ2) is 10.2. The maximum absolute atomic E-state index is 13.1. The lowest BCUT2D eigenvalue weighted by Crippen LogP contribution is -3.00. The molecular formula is C23H31IN2O. The van der Waals surface area contributed by atoms with Gasteiger partial charge in [0.05, 0.1) is 39.3 Å². The van der Waals surface area contributed by atoms with Crippen molar-refractivity contribution in [3.63, 3.8) is 0 Å². The molecule has 1 aliphatic rings. The fourth-order valence-electron chi connectivity index (χ4n) is 4.10. The zero-order chi connectivity index (χ0) is 18.4. The van der Waals surface area contributed by atoms with Gasteiger partial charge < -0.3 is 33.4 Å². The van der Waals surface area contributed by atoms with Crippen LogP contribution in [0.5, 0.6) is 0 Å². The summed E-state index contributed by atoms with van der Waals surface area (Å²) in [7, 11) is 0. The van der Waals surface area contributed by atoms with Crippen molar-refractivity contribution < 1.29 is 33.3 Å². The minimum absolute atomic E-state index is 0. The molecule has 0 bridgehead atoms. The smallest absolute Gasteiger partial charge is 0.223 e. The summed E-state index contributed by atoms with van der Waals surface area (Å²) < 4.78 is 1.14. The zero-order valence-corrected chi connectivity index (χ0v) is 18.6. The number of nitrogens with zero attached hydrogens (tertiary/aromatic N) is 2. The number of piperazine rings is 1. The number of hydrogen-bond acceptors (Lipinski definition) is 1. The second-order valence-electron chi connectivity index (χ2n) is 7.38. The summed E-state index contributed by atoms with van der Waals surface area (Å²) in [5.74, 6) is 0.413. The molecule has 1 amide bonds. The molecule has 1 heterocycles. The van der Waals surface area contributed by atoms with E-state index in [0.29, 0.717) is 6.42 Å². The van der Waals surface area contributed by atoms with Gasteiger partial charge in [0.1, 0.15) is 0 Å². The lowest BCUT2D eigenvalue weighted by molar-refractivity contribution is -0.928. The van der Waals surface area contributed by atoms with E-state index in [1.54, 1.807) is 0 Å². The minimum atomic E-state index is 0. The van der Waals surface area contributed by atoms with Gasteiger partial charge in [-0.3, -0.25) is 4.79 Å². The number of quaternary nitrogens is 1. The minimum Gasteiger partial charge on any atom is -1.00 e. The largest absolute Gasteiger partial charge is 1.00 e. The lowest BCUT2D eigenvalue weighted by atomic mass is 9.88. The molecule has 3 nitrogen and oxygen atoms in total. The van der Waals surface area contributed by atoms with Gasteiger partial charge in [0.15, 0.2) is 0 Å². The molecule has 0 spiro atoms. The van der Waals surface area contributed by atoms with E-state index < -0.39 is 0 Å². The van der Waals surface area contributed by atoms with E-state index in [2.05, 4.69) is 67.3 Å². The highest BCUT2D eigenvalue weighted by Gasteiger charge is 2.32. The summed E-state index contributed by atoms with van der Waals surface area (Å²) in [4.78, 5) is 15.1. The number of rotatable bonds is 6. The molecule has 0 unspecified atom stereocenters. The van der Waals surface area contributed by atoms with Crippen molar-refractivity contribution in [1.82, 2.24) is 4.90 Å². The Bertz CT molecular complexity index is 651. The Labute approximate surface area is 181 Å². The number of benzene rings is 2. The molecule has 1 fully saturated rings. The van der Waals surface area contributed by atoms with Gasteiger partial charge in [0.2, 0.25) is 5.91 Å². The first-order chi connectivity index (χ1) is 12.7. The first-order valence-corrected chi connectivity index (χ1v) is 9.90. The number of carbonyl (C=O) groups is 1. The van der Waals surface area contributed by atoms with E-state index in [0.717, 1.165) is 43.8 Å². The molecule has 0 saturated carbocycles. The predicted octanol–water partition coefficient (Wildman–Crippen LogP) is 0.911. The van der Waals surface area contributed by atoms with E-state index in [-0.39, 0.29) is 35.8 Å². The Kier molecular flexibility index (Phi) is 8.29. The third-order valence-corrected chi connectivity index (χ3v) is 6.17. The molecule has 2 aromatic rings. The molecule has 0 aliphatic carbocycles. The van der Waals surface area contributed by atoms with E-state index >= 15 is 0 Å². The quantitative estimate of drug-likeness (QED) is 0.447. The summed E-state index contributed by atoms with van der Waals surface area (Å²) in [6.07, 6.45) is 0.548. The van der Waals surface area contributed by atoms with Crippen LogP contribution in [0.25, 0.3) is 0 Å². The van der Waals surface area contributed by atoms with Crippen molar-refractivity contribution in [3.05, 3.63) is 71.8 Å². The van der Waals surface area contributed by atoms with Crippen LogP contribution in [0, 0.1) is 0 Å². The van der Waals surface area contributed by atoms with Gasteiger partial charge in [0.25, 0.3) is 0 Å². The highest BCUT2D eigenvalue weighted by molar-refractivity contribution is 5.78. The van der Waals surface area contributed by atoms with Crippen LogP contribution in [0.2, 0.25) is 0 Å². The van der Waals surface area contributed by atoms with Crippen LogP contribution < -0.4 is 24.0 Å². The molecule has 4 heteroatoms. The number of carbonyl (C=O) groups excluding carboxylic acids is 1. The molecule has 0 aromatic heterocycles. The Morgan fingerprint density at radius 2 is 1.33 bits per heavy atom. The topological polar surface area (TPSA) is 20.3 Å². The van der Waals surface area contributed by atoms with Crippen LogP contribution in [0.15, 0.2) is 60.7 Å². The monoisotopic (exact) mass is 478 g/mol. The number of amides is 1. The van der Waals surface area contributed by atoms with E-state index in [1.807, 2.05) is 12.1 Å². The summed E-state index contributed by atoms with van der Waals surface area (Å²) in [5, 5.41) is 0. The van der Waals surface area contributed by atoms with Crippen molar-refractivity contribution in [3.8, 4) is 0 Å². The first kappa shape index (κ1) is 21.9. The Balaban J connectivity index is 0.00000261. The van der Waals surface area contributed by atoms with Gasteiger partial charge in [-0.25, -0.2) is 0 Å². The zero-order valence-electron chi connectivity index (χ0n) is 16.5. The van der Waals surface area contributed by atoms with Crippen molar-refractivity contribution in [2.24, 2.45) is 0 Å². The lowest BCUT2D eigenvalue weighted by Gasteiger charge is -2.44. The fraction of sp³-hybridized carbons (Fsp3) is 0.435. The maximum atomic E-state index is 13.1. The van der Waals surface area contributed by atoms with E-state index in [1.165, 1.54) is 11.1 Å². The molecule has 3 rings (SSSR count). The van der Waals surface area contributed by atoms with Crippen molar-refractivity contribution >= 4 is 5.91 Å². The van der Waals surface area contributed by atoms with Gasteiger partial charge in [-0.1, -0.05) is 60.7 Å². The molecule has 0 radical (unpaired) electrons. The van der Waals surface area contributed by atoms with Crippen LogP contribution in [-0.2, 0) is 4.79 Å². The second-order valence-corrected chi connectivity index (χ2v) is 7.38. The van der Waals surface area contributed by atoms with Crippen LogP contribution in [0.1, 0.15) is 37.3 Å². The van der Waals surface area contributed by atoms with Gasteiger partial charge in [-0.15, -0.1) is 0 Å². The summed E-state index contributed by atoms with van der Waals surface area (Å²) in [5.41, 5.74) is 2.44.